The molecule has 0 atom stereocenters. The number of hydrogen-bond acceptors (Lipinski definition) is 3. The zero-order valence-corrected chi connectivity index (χ0v) is 11.2. The summed E-state index contributed by atoms with van der Waals surface area (Å²) in [5.74, 6) is 1.86. The summed E-state index contributed by atoms with van der Waals surface area (Å²) in [5.41, 5.74) is 1.28. The second-order valence-electron chi connectivity index (χ2n) is 4.77. The van der Waals surface area contributed by atoms with E-state index < -0.39 is 0 Å². The van der Waals surface area contributed by atoms with Gasteiger partial charge in [0.2, 0.25) is 0 Å². The molecule has 1 fully saturated rings. The van der Waals surface area contributed by atoms with Crippen LogP contribution in [0.4, 0.5) is 0 Å². The second-order valence-corrected chi connectivity index (χ2v) is 4.77. The molecule has 0 radical (unpaired) electrons. The van der Waals surface area contributed by atoms with Crippen LogP contribution in [0.3, 0.4) is 0 Å². The molecule has 1 aromatic carbocycles. The molecule has 1 aliphatic rings. The number of rotatable bonds is 9. The maximum atomic E-state index is 5.64. The van der Waals surface area contributed by atoms with Crippen LogP contribution in [0.1, 0.15) is 25.3 Å². The van der Waals surface area contributed by atoms with Gasteiger partial charge in [-0.05, 0) is 49.9 Å². The molecule has 0 bridgehead atoms. The van der Waals surface area contributed by atoms with Crippen LogP contribution in [-0.4, -0.2) is 26.4 Å². The zero-order chi connectivity index (χ0) is 12.6. The lowest BCUT2D eigenvalue weighted by Crippen LogP contribution is -2.16. The molecule has 0 amide bonds. The zero-order valence-electron chi connectivity index (χ0n) is 11.2. The van der Waals surface area contributed by atoms with E-state index in [1.807, 2.05) is 19.1 Å². The highest BCUT2D eigenvalue weighted by atomic mass is 16.5. The van der Waals surface area contributed by atoms with Gasteiger partial charge in [-0.25, -0.2) is 0 Å². The Kier molecular flexibility index (Phi) is 5.49. The summed E-state index contributed by atoms with van der Waals surface area (Å²) in [6.45, 7) is 6.09. The lowest BCUT2D eigenvalue weighted by Gasteiger charge is -2.08. The number of ether oxygens (including phenoxy) is 2. The average molecular weight is 249 g/mol. The van der Waals surface area contributed by atoms with Crippen LogP contribution in [0.5, 0.6) is 5.75 Å². The van der Waals surface area contributed by atoms with Gasteiger partial charge in [0.15, 0.2) is 0 Å². The highest BCUT2D eigenvalue weighted by Gasteiger charge is 2.19. The monoisotopic (exact) mass is 249 g/mol. The summed E-state index contributed by atoms with van der Waals surface area (Å²) in [5, 5.41) is 3.49. The van der Waals surface area contributed by atoms with Crippen molar-refractivity contribution in [2.75, 3.05) is 26.4 Å². The van der Waals surface area contributed by atoms with Crippen LogP contribution in [0, 0.1) is 5.92 Å². The minimum Gasteiger partial charge on any atom is -0.491 e. The van der Waals surface area contributed by atoms with E-state index in [2.05, 4.69) is 17.4 Å². The summed E-state index contributed by atoms with van der Waals surface area (Å²) < 4.78 is 10.9. The van der Waals surface area contributed by atoms with Gasteiger partial charge in [-0.2, -0.15) is 0 Å². The Hall–Kier alpha value is -1.06. The van der Waals surface area contributed by atoms with Crippen LogP contribution in [-0.2, 0) is 11.3 Å². The Bertz CT molecular complexity index is 350. The second kappa shape index (κ2) is 7.39. The summed E-state index contributed by atoms with van der Waals surface area (Å²) >= 11 is 0. The molecule has 1 aromatic rings. The fourth-order valence-corrected chi connectivity index (χ4v) is 1.85. The normalized spacial score (nSPS) is 14.7. The molecule has 18 heavy (non-hydrogen) atoms. The van der Waals surface area contributed by atoms with Gasteiger partial charge in [0.25, 0.3) is 0 Å². The molecule has 100 valence electrons. The van der Waals surface area contributed by atoms with Crippen molar-refractivity contribution >= 4 is 0 Å². The van der Waals surface area contributed by atoms with Gasteiger partial charge in [0.1, 0.15) is 12.4 Å². The van der Waals surface area contributed by atoms with Gasteiger partial charge in [0, 0.05) is 13.2 Å². The van der Waals surface area contributed by atoms with E-state index in [1.54, 1.807) is 0 Å². The lowest BCUT2D eigenvalue weighted by atomic mass is 10.2. The molecule has 0 spiro atoms. The smallest absolute Gasteiger partial charge is 0.119 e. The van der Waals surface area contributed by atoms with E-state index in [0.717, 1.165) is 31.4 Å². The maximum Gasteiger partial charge on any atom is 0.119 e. The summed E-state index contributed by atoms with van der Waals surface area (Å²) in [6.07, 6.45) is 2.79. The number of nitrogens with one attached hydrogen (secondary N) is 1. The largest absolute Gasteiger partial charge is 0.491 e. The van der Waals surface area contributed by atoms with Crippen LogP contribution >= 0.6 is 0 Å². The predicted octanol–water partition coefficient (Wildman–Crippen LogP) is 2.60. The van der Waals surface area contributed by atoms with Crippen LogP contribution in [0.2, 0.25) is 0 Å². The van der Waals surface area contributed by atoms with Crippen molar-refractivity contribution in [2.24, 2.45) is 5.92 Å². The van der Waals surface area contributed by atoms with Crippen molar-refractivity contribution in [1.82, 2.24) is 5.32 Å². The molecule has 3 nitrogen and oxygen atoms in total. The quantitative estimate of drug-likeness (QED) is 0.682. The average Bonchev–Trinajstić information content (AvgIpc) is 3.19. The standard InChI is InChI=1S/C15H23NO2/c1-2-17-8-9-18-15-5-3-4-14(10-15)12-16-11-13-6-7-13/h3-5,10,13,16H,2,6-9,11-12H2,1H3. The van der Waals surface area contributed by atoms with E-state index in [0.29, 0.717) is 13.2 Å². The van der Waals surface area contributed by atoms with Gasteiger partial charge < -0.3 is 14.8 Å². The Balaban J connectivity index is 1.69. The van der Waals surface area contributed by atoms with E-state index in [1.165, 1.54) is 18.4 Å². The van der Waals surface area contributed by atoms with Gasteiger partial charge >= 0.3 is 0 Å². The fraction of sp³-hybridized carbons (Fsp3) is 0.600. The van der Waals surface area contributed by atoms with Crippen LogP contribution < -0.4 is 10.1 Å². The molecular weight excluding hydrogens is 226 g/mol. The topological polar surface area (TPSA) is 30.5 Å². The minimum atomic E-state index is 0.618. The molecule has 1 saturated carbocycles. The third-order valence-electron chi connectivity index (χ3n) is 3.06. The highest BCUT2D eigenvalue weighted by Crippen LogP contribution is 2.27. The first kappa shape index (κ1) is 13.4. The fourth-order valence-electron chi connectivity index (χ4n) is 1.85. The molecule has 2 rings (SSSR count). The third kappa shape index (κ3) is 5.07. The molecule has 1 N–H and O–H groups in total. The van der Waals surface area contributed by atoms with E-state index in [9.17, 15) is 0 Å². The first-order chi connectivity index (χ1) is 8.88. The molecule has 1 aliphatic carbocycles. The van der Waals surface area contributed by atoms with Gasteiger partial charge in [-0.1, -0.05) is 12.1 Å². The molecule has 0 aliphatic heterocycles. The van der Waals surface area contributed by atoms with Crippen molar-refractivity contribution < 1.29 is 9.47 Å². The summed E-state index contributed by atoms with van der Waals surface area (Å²) in [4.78, 5) is 0. The van der Waals surface area contributed by atoms with Crippen LogP contribution in [0.25, 0.3) is 0 Å². The molecule has 3 heteroatoms. The van der Waals surface area contributed by atoms with Crippen LogP contribution in [0.15, 0.2) is 24.3 Å². The Morgan fingerprint density at radius 1 is 1.28 bits per heavy atom. The Labute approximate surface area is 109 Å². The van der Waals surface area contributed by atoms with Crippen molar-refractivity contribution in [3.63, 3.8) is 0 Å². The predicted molar refractivity (Wildman–Crippen MR) is 72.9 cm³/mol. The Morgan fingerprint density at radius 2 is 2.17 bits per heavy atom. The summed E-state index contributed by atoms with van der Waals surface area (Å²) in [7, 11) is 0. The van der Waals surface area contributed by atoms with Crippen molar-refractivity contribution in [3.05, 3.63) is 29.8 Å². The van der Waals surface area contributed by atoms with E-state index in [-0.39, 0.29) is 0 Å². The Morgan fingerprint density at radius 3 is 2.94 bits per heavy atom. The van der Waals surface area contributed by atoms with E-state index in [4.69, 9.17) is 9.47 Å². The van der Waals surface area contributed by atoms with Crippen molar-refractivity contribution in [2.45, 2.75) is 26.3 Å². The first-order valence-electron chi connectivity index (χ1n) is 6.88. The first-order valence-corrected chi connectivity index (χ1v) is 6.88. The number of hydrogen-bond donors (Lipinski definition) is 1. The maximum absolute atomic E-state index is 5.64. The van der Waals surface area contributed by atoms with Crippen molar-refractivity contribution in [1.29, 1.82) is 0 Å². The number of benzene rings is 1. The lowest BCUT2D eigenvalue weighted by molar-refractivity contribution is 0.110. The van der Waals surface area contributed by atoms with Gasteiger partial charge in [-0.3, -0.25) is 0 Å². The molecule has 0 heterocycles. The molecule has 0 saturated heterocycles. The van der Waals surface area contributed by atoms with E-state index >= 15 is 0 Å². The summed E-state index contributed by atoms with van der Waals surface area (Å²) in [6, 6.07) is 8.28. The highest BCUT2D eigenvalue weighted by molar-refractivity contribution is 5.28. The van der Waals surface area contributed by atoms with Gasteiger partial charge in [0.05, 0.1) is 6.61 Å². The molecule has 0 unspecified atom stereocenters. The SMILES string of the molecule is CCOCCOc1cccc(CNCC2CC2)c1. The molecule has 0 aromatic heterocycles. The minimum absolute atomic E-state index is 0.618. The molecular formula is C15H23NO2. The van der Waals surface area contributed by atoms with Crippen molar-refractivity contribution in [3.8, 4) is 5.75 Å². The third-order valence-corrected chi connectivity index (χ3v) is 3.06. The van der Waals surface area contributed by atoms with Gasteiger partial charge in [-0.15, -0.1) is 0 Å².